The van der Waals surface area contributed by atoms with Crippen molar-refractivity contribution in [2.45, 2.75) is 44.6 Å². The summed E-state index contributed by atoms with van der Waals surface area (Å²) in [6.45, 7) is 7.04. The van der Waals surface area contributed by atoms with Crippen molar-refractivity contribution in [3.05, 3.63) is 48.2 Å². The third-order valence-corrected chi connectivity index (χ3v) is 4.18. The highest BCUT2D eigenvalue weighted by atomic mass is 16.6. The molecule has 4 heteroatoms. The van der Waals surface area contributed by atoms with Gasteiger partial charge in [-0.1, -0.05) is 30.3 Å². The fourth-order valence-corrected chi connectivity index (χ4v) is 2.93. The lowest BCUT2D eigenvalue weighted by molar-refractivity contribution is 0.0182. The van der Waals surface area contributed by atoms with Crippen molar-refractivity contribution in [3.63, 3.8) is 0 Å². The van der Waals surface area contributed by atoms with Crippen LogP contribution in [0.15, 0.2) is 42.7 Å². The van der Waals surface area contributed by atoms with E-state index in [1.165, 1.54) is 5.56 Å². The van der Waals surface area contributed by atoms with Crippen molar-refractivity contribution in [2.75, 3.05) is 20.2 Å². The predicted octanol–water partition coefficient (Wildman–Crippen LogP) is 4.12. The van der Waals surface area contributed by atoms with E-state index in [2.05, 4.69) is 30.3 Å². The summed E-state index contributed by atoms with van der Waals surface area (Å²) in [5.74, 6) is 0. The first-order valence-electron chi connectivity index (χ1n) is 8.10. The van der Waals surface area contributed by atoms with E-state index in [-0.39, 0.29) is 11.5 Å². The van der Waals surface area contributed by atoms with Gasteiger partial charge in [-0.15, -0.1) is 0 Å². The third kappa shape index (κ3) is 4.50. The van der Waals surface area contributed by atoms with E-state index < -0.39 is 5.60 Å². The van der Waals surface area contributed by atoms with Crippen LogP contribution in [0, 0.1) is 0 Å². The molecule has 1 aliphatic heterocycles. The van der Waals surface area contributed by atoms with Crippen LogP contribution in [0.1, 0.15) is 39.2 Å². The molecule has 23 heavy (non-hydrogen) atoms. The van der Waals surface area contributed by atoms with Crippen LogP contribution in [0.25, 0.3) is 0 Å². The Morgan fingerprint density at radius 1 is 1.17 bits per heavy atom. The zero-order chi connectivity index (χ0) is 16.9. The Hall–Kier alpha value is -1.97. The molecule has 0 unspecified atom stereocenters. The minimum atomic E-state index is -0.457. The summed E-state index contributed by atoms with van der Waals surface area (Å²) < 4.78 is 10.6. The number of carbonyl (C=O) groups is 1. The van der Waals surface area contributed by atoms with Gasteiger partial charge in [0.2, 0.25) is 0 Å². The molecule has 1 fully saturated rings. The molecule has 0 spiro atoms. The number of carbonyl (C=O) groups excluding carboxylic acids is 1. The third-order valence-electron chi connectivity index (χ3n) is 4.18. The Bertz CT molecular complexity index is 537. The number of benzene rings is 1. The number of likely N-dealkylation sites (tertiary alicyclic amines) is 1. The minimum Gasteiger partial charge on any atom is -0.505 e. The van der Waals surface area contributed by atoms with Crippen LogP contribution < -0.4 is 0 Å². The first-order chi connectivity index (χ1) is 10.9. The number of methoxy groups -OCH3 is 1. The van der Waals surface area contributed by atoms with Crippen molar-refractivity contribution < 1.29 is 14.3 Å². The van der Waals surface area contributed by atoms with Gasteiger partial charge in [0.25, 0.3) is 0 Å². The molecule has 126 valence electrons. The van der Waals surface area contributed by atoms with E-state index in [0.717, 1.165) is 12.8 Å². The monoisotopic (exact) mass is 317 g/mol. The lowest BCUT2D eigenvalue weighted by Gasteiger charge is -2.40. The number of allylic oxidation sites excluding steroid dienone is 1. The second-order valence-corrected chi connectivity index (χ2v) is 7.03. The average Bonchev–Trinajstić information content (AvgIpc) is 2.52. The van der Waals surface area contributed by atoms with Crippen LogP contribution in [-0.2, 0) is 14.9 Å². The standard InChI is InChI=1S/C19H27NO3/c1-18(2,3)23-17(21)20-13-10-19(11-14-20,12-15-22-4)16-8-6-5-7-9-16/h5-9,12,15H,10-11,13-14H2,1-4H3. The molecular formula is C19H27NO3. The first-order valence-corrected chi connectivity index (χ1v) is 8.10. The van der Waals surface area contributed by atoms with Gasteiger partial charge in [0, 0.05) is 18.5 Å². The number of ether oxygens (including phenoxy) is 2. The molecule has 4 nitrogen and oxygen atoms in total. The van der Waals surface area contributed by atoms with Crippen LogP contribution in [0.2, 0.25) is 0 Å². The molecular weight excluding hydrogens is 290 g/mol. The van der Waals surface area contributed by atoms with Crippen molar-refractivity contribution in [1.29, 1.82) is 0 Å². The molecule has 0 N–H and O–H groups in total. The summed E-state index contributed by atoms with van der Waals surface area (Å²) in [5.41, 5.74) is 0.716. The van der Waals surface area contributed by atoms with Crippen LogP contribution in [0.3, 0.4) is 0 Å². The van der Waals surface area contributed by atoms with Gasteiger partial charge < -0.3 is 14.4 Å². The molecule has 0 saturated carbocycles. The number of nitrogens with zero attached hydrogens (tertiary/aromatic N) is 1. The summed E-state index contributed by atoms with van der Waals surface area (Å²) in [7, 11) is 1.66. The Morgan fingerprint density at radius 2 is 1.78 bits per heavy atom. The van der Waals surface area contributed by atoms with Gasteiger partial charge in [0.15, 0.2) is 0 Å². The Morgan fingerprint density at radius 3 is 2.30 bits per heavy atom. The van der Waals surface area contributed by atoms with E-state index in [1.54, 1.807) is 18.3 Å². The summed E-state index contributed by atoms with van der Waals surface area (Å²) in [4.78, 5) is 14.0. The van der Waals surface area contributed by atoms with E-state index in [0.29, 0.717) is 13.1 Å². The Balaban J connectivity index is 2.11. The highest BCUT2D eigenvalue weighted by molar-refractivity contribution is 5.68. The lowest BCUT2D eigenvalue weighted by Crippen LogP contribution is -2.46. The second-order valence-electron chi connectivity index (χ2n) is 7.03. The molecule has 1 heterocycles. The normalized spacial score (nSPS) is 18.0. The molecule has 0 aliphatic carbocycles. The minimum absolute atomic E-state index is 0.0875. The van der Waals surface area contributed by atoms with Crippen LogP contribution in [0.4, 0.5) is 4.79 Å². The molecule has 2 rings (SSSR count). The van der Waals surface area contributed by atoms with Crippen molar-refractivity contribution in [1.82, 2.24) is 4.90 Å². The molecule has 1 amide bonds. The average molecular weight is 317 g/mol. The summed E-state index contributed by atoms with van der Waals surface area (Å²) >= 11 is 0. The van der Waals surface area contributed by atoms with Crippen LogP contribution >= 0.6 is 0 Å². The van der Waals surface area contributed by atoms with E-state index >= 15 is 0 Å². The van der Waals surface area contributed by atoms with Gasteiger partial charge in [-0.2, -0.15) is 0 Å². The topological polar surface area (TPSA) is 38.8 Å². The summed E-state index contributed by atoms with van der Waals surface area (Å²) in [6, 6.07) is 10.4. The zero-order valence-electron chi connectivity index (χ0n) is 14.5. The highest BCUT2D eigenvalue weighted by Gasteiger charge is 2.36. The van der Waals surface area contributed by atoms with Crippen LogP contribution in [-0.4, -0.2) is 36.8 Å². The second kappa shape index (κ2) is 7.07. The molecule has 0 aromatic heterocycles. The first kappa shape index (κ1) is 17.4. The molecule has 1 aliphatic rings. The predicted molar refractivity (Wildman–Crippen MR) is 91.3 cm³/mol. The van der Waals surface area contributed by atoms with Gasteiger partial charge in [0.05, 0.1) is 13.4 Å². The maximum atomic E-state index is 12.2. The molecule has 0 radical (unpaired) electrons. The molecule has 0 atom stereocenters. The molecule has 1 aromatic rings. The Labute approximate surface area is 139 Å². The van der Waals surface area contributed by atoms with Crippen molar-refractivity contribution in [3.8, 4) is 0 Å². The van der Waals surface area contributed by atoms with E-state index in [4.69, 9.17) is 9.47 Å². The maximum absolute atomic E-state index is 12.2. The number of hydrogen-bond donors (Lipinski definition) is 0. The summed E-state index contributed by atoms with van der Waals surface area (Å²) in [6.07, 6.45) is 5.35. The number of hydrogen-bond acceptors (Lipinski definition) is 3. The fraction of sp³-hybridized carbons (Fsp3) is 0.526. The van der Waals surface area contributed by atoms with Crippen LogP contribution in [0.5, 0.6) is 0 Å². The fourth-order valence-electron chi connectivity index (χ4n) is 2.93. The van der Waals surface area contributed by atoms with Crippen molar-refractivity contribution in [2.24, 2.45) is 0 Å². The molecule has 1 saturated heterocycles. The van der Waals surface area contributed by atoms with E-state index in [9.17, 15) is 4.79 Å². The highest BCUT2D eigenvalue weighted by Crippen LogP contribution is 2.37. The zero-order valence-corrected chi connectivity index (χ0v) is 14.5. The smallest absolute Gasteiger partial charge is 0.410 e. The van der Waals surface area contributed by atoms with Crippen molar-refractivity contribution >= 4 is 6.09 Å². The van der Waals surface area contributed by atoms with Gasteiger partial charge >= 0.3 is 6.09 Å². The van der Waals surface area contributed by atoms with E-state index in [1.807, 2.05) is 26.8 Å². The number of piperidine rings is 1. The molecule has 0 bridgehead atoms. The number of rotatable bonds is 3. The maximum Gasteiger partial charge on any atom is 0.410 e. The van der Waals surface area contributed by atoms with Gasteiger partial charge in [-0.05, 0) is 45.3 Å². The quantitative estimate of drug-likeness (QED) is 0.787. The summed E-state index contributed by atoms with van der Waals surface area (Å²) in [5, 5.41) is 0. The lowest BCUT2D eigenvalue weighted by atomic mass is 9.73. The van der Waals surface area contributed by atoms with Gasteiger partial charge in [-0.25, -0.2) is 4.79 Å². The molecule has 1 aromatic carbocycles. The SMILES string of the molecule is COC=CC1(c2ccccc2)CCN(C(=O)OC(C)(C)C)CC1. The van der Waals surface area contributed by atoms with Gasteiger partial charge in [-0.3, -0.25) is 0 Å². The van der Waals surface area contributed by atoms with Gasteiger partial charge in [0.1, 0.15) is 5.60 Å². The largest absolute Gasteiger partial charge is 0.505 e. The Kier molecular flexibility index (Phi) is 5.34. The number of amides is 1.